The van der Waals surface area contributed by atoms with E-state index in [4.69, 9.17) is 4.74 Å². The molecule has 0 aliphatic heterocycles. The third-order valence-electron chi connectivity index (χ3n) is 4.67. The molecule has 0 aromatic heterocycles. The maximum absolute atomic E-state index is 5.58. The molecule has 2 N–H and O–H groups in total. The topological polar surface area (TPSA) is 45.6 Å². The van der Waals surface area contributed by atoms with Gasteiger partial charge in [-0.3, -0.25) is 4.99 Å². The van der Waals surface area contributed by atoms with Gasteiger partial charge in [0.2, 0.25) is 0 Å². The van der Waals surface area contributed by atoms with E-state index in [0.29, 0.717) is 10.8 Å². The molecule has 1 rings (SSSR count). The Kier molecular flexibility index (Phi) is 8.23. The normalized spacial score (nSPS) is 18.5. The number of guanidine groups is 1. The summed E-state index contributed by atoms with van der Waals surface area (Å²) in [5.41, 5.74) is 0.757. The monoisotopic (exact) mass is 311 g/mol. The van der Waals surface area contributed by atoms with Gasteiger partial charge in [-0.05, 0) is 43.4 Å². The van der Waals surface area contributed by atoms with Gasteiger partial charge in [0.25, 0.3) is 0 Å². The van der Waals surface area contributed by atoms with Crippen LogP contribution < -0.4 is 10.6 Å². The quantitative estimate of drug-likeness (QED) is 0.409. The maximum Gasteiger partial charge on any atom is 0.190 e. The van der Waals surface area contributed by atoms with Gasteiger partial charge in [0, 0.05) is 33.4 Å². The van der Waals surface area contributed by atoms with E-state index in [2.05, 4.69) is 43.3 Å². The molecule has 1 fully saturated rings. The molecule has 0 bridgehead atoms. The van der Waals surface area contributed by atoms with E-state index >= 15 is 0 Å². The van der Waals surface area contributed by atoms with Crippen LogP contribution in [0.4, 0.5) is 0 Å². The first-order chi connectivity index (χ1) is 10.4. The largest absolute Gasteiger partial charge is 0.382 e. The van der Waals surface area contributed by atoms with E-state index in [-0.39, 0.29) is 0 Å². The highest BCUT2D eigenvalue weighted by molar-refractivity contribution is 5.79. The molecule has 0 amide bonds. The van der Waals surface area contributed by atoms with E-state index < -0.39 is 0 Å². The summed E-state index contributed by atoms with van der Waals surface area (Å²) >= 11 is 0. The fraction of sp³-hybridized carbons (Fsp3) is 0.944. The summed E-state index contributed by atoms with van der Waals surface area (Å²) in [6.07, 6.45) is 7.63. The van der Waals surface area contributed by atoms with Crippen LogP contribution in [0.2, 0.25) is 0 Å². The van der Waals surface area contributed by atoms with Crippen molar-refractivity contribution in [2.24, 2.45) is 15.8 Å². The van der Waals surface area contributed by atoms with Crippen molar-refractivity contribution in [2.75, 3.05) is 33.4 Å². The Morgan fingerprint density at radius 2 is 1.86 bits per heavy atom. The van der Waals surface area contributed by atoms with Gasteiger partial charge in [-0.15, -0.1) is 0 Å². The van der Waals surface area contributed by atoms with Gasteiger partial charge in [-0.2, -0.15) is 0 Å². The minimum Gasteiger partial charge on any atom is -0.382 e. The Bertz CT molecular complexity index is 328. The first kappa shape index (κ1) is 19.3. The lowest BCUT2D eigenvalue weighted by molar-refractivity contribution is 0.105. The van der Waals surface area contributed by atoms with Gasteiger partial charge in [0.1, 0.15) is 0 Å². The molecule has 0 saturated heterocycles. The molecule has 0 spiro atoms. The molecular weight excluding hydrogens is 274 g/mol. The van der Waals surface area contributed by atoms with Crippen LogP contribution in [0, 0.1) is 10.8 Å². The molecule has 1 aliphatic carbocycles. The van der Waals surface area contributed by atoms with E-state index in [1.807, 2.05) is 7.05 Å². The van der Waals surface area contributed by atoms with Crippen LogP contribution >= 0.6 is 0 Å². The fourth-order valence-corrected chi connectivity index (χ4v) is 3.12. The first-order valence-electron chi connectivity index (χ1n) is 8.93. The van der Waals surface area contributed by atoms with Crippen LogP contribution in [0.5, 0.6) is 0 Å². The predicted molar refractivity (Wildman–Crippen MR) is 95.4 cm³/mol. The van der Waals surface area contributed by atoms with Crippen LogP contribution in [0.15, 0.2) is 4.99 Å². The predicted octanol–water partition coefficient (Wildman–Crippen LogP) is 3.57. The molecule has 1 saturated carbocycles. The minimum atomic E-state index is 0.357. The zero-order valence-corrected chi connectivity index (χ0v) is 15.4. The maximum atomic E-state index is 5.58. The molecule has 4 heteroatoms. The van der Waals surface area contributed by atoms with Crippen molar-refractivity contribution in [2.45, 2.75) is 66.2 Å². The second kappa shape index (κ2) is 9.39. The Hall–Kier alpha value is -0.770. The smallest absolute Gasteiger partial charge is 0.190 e. The molecule has 0 heterocycles. The summed E-state index contributed by atoms with van der Waals surface area (Å²) in [6.45, 7) is 12.6. The van der Waals surface area contributed by atoms with Gasteiger partial charge >= 0.3 is 0 Å². The summed E-state index contributed by atoms with van der Waals surface area (Å²) in [4.78, 5) is 4.36. The highest BCUT2D eigenvalue weighted by Crippen LogP contribution is 2.40. The van der Waals surface area contributed by atoms with Crippen molar-refractivity contribution in [3.8, 4) is 0 Å². The van der Waals surface area contributed by atoms with Crippen molar-refractivity contribution >= 4 is 5.96 Å². The van der Waals surface area contributed by atoms with Gasteiger partial charge in [0.05, 0.1) is 0 Å². The molecule has 130 valence electrons. The summed E-state index contributed by atoms with van der Waals surface area (Å²) in [5, 5.41) is 6.99. The lowest BCUT2D eigenvalue weighted by Crippen LogP contribution is -2.44. The van der Waals surface area contributed by atoms with Crippen molar-refractivity contribution in [3.63, 3.8) is 0 Å². The summed E-state index contributed by atoms with van der Waals surface area (Å²) in [6, 6.07) is 0. The van der Waals surface area contributed by atoms with Gasteiger partial charge < -0.3 is 15.4 Å². The highest BCUT2D eigenvalue weighted by Gasteiger charge is 2.33. The van der Waals surface area contributed by atoms with Gasteiger partial charge in [0.15, 0.2) is 5.96 Å². The third kappa shape index (κ3) is 7.48. The Labute approximate surface area is 137 Å². The molecule has 0 aromatic carbocycles. The fourth-order valence-electron chi connectivity index (χ4n) is 3.12. The first-order valence-corrected chi connectivity index (χ1v) is 8.93. The molecule has 0 aromatic rings. The summed E-state index contributed by atoms with van der Waals surface area (Å²) < 4.78 is 5.58. The number of hydrogen-bond donors (Lipinski definition) is 2. The van der Waals surface area contributed by atoms with Crippen LogP contribution in [0.25, 0.3) is 0 Å². The van der Waals surface area contributed by atoms with Crippen molar-refractivity contribution in [1.29, 1.82) is 0 Å². The number of nitrogens with zero attached hydrogens (tertiary/aromatic N) is 1. The Balaban J connectivity index is 2.38. The van der Waals surface area contributed by atoms with Crippen molar-refractivity contribution in [1.82, 2.24) is 10.6 Å². The van der Waals surface area contributed by atoms with E-state index in [0.717, 1.165) is 45.1 Å². The van der Waals surface area contributed by atoms with Gasteiger partial charge in [-0.25, -0.2) is 0 Å². The van der Waals surface area contributed by atoms with Crippen molar-refractivity contribution in [3.05, 3.63) is 0 Å². The minimum absolute atomic E-state index is 0.357. The number of aliphatic imine (C=N–C) groups is 1. The molecule has 0 unspecified atom stereocenters. The average Bonchev–Trinajstić information content (AvgIpc) is 2.91. The average molecular weight is 312 g/mol. The van der Waals surface area contributed by atoms with E-state index in [9.17, 15) is 0 Å². The molecular formula is C18H37N3O. The summed E-state index contributed by atoms with van der Waals surface area (Å²) in [5.74, 6) is 0.937. The van der Waals surface area contributed by atoms with E-state index in [1.54, 1.807) is 0 Å². The summed E-state index contributed by atoms with van der Waals surface area (Å²) in [7, 11) is 1.86. The van der Waals surface area contributed by atoms with Crippen LogP contribution in [0.1, 0.15) is 66.2 Å². The van der Waals surface area contributed by atoms with Crippen LogP contribution in [0.3, 0.4) is 0 Å². The highest BCUT2D eigenvalue weighted by atomic mass is 16.5. The van der Waals surface area contributed by atoms with Gasteiger partial charge in [-0.1, -0.05) is 33.6 Å². The zero-order valence-electron chi connectivity index (χ0n) is 15.4. The lowest BCUT2D eigenvalue weighted by atomic mass is 9.83. The second-order valence-corrected chi connectivity index (χ2v) is 7.82. The number of ether oxygens (including phenoxy) is 1. The molecule has 4 nitrogen and oxygen atoms in total. The Morgan fingerprint density at radius 3 is 2.41 bits per heavy atom. The standard InChI is InChI=1S/C18H37N3O/c1-6-22-14-12-18(9-7-8-10-18)15-21-16(19-5)20-13-11-17(2,3)4/h6-15H2,1-5H3,(H2,19,20,21). The Morgan fingerprint density at radius 1 is 1.18 bits per heavy atom. The number of rotatable bonds is 8. The molecule has 22 heavy (non-hydrogen) atoms. The molecule has 1 aliphatic rings. The second-order valence-electron chi connectivity index (χ2n) is 7.82. The molecule has 0 radical (unpaired) electrons. The SMILES string of the molecule is CCOCCC1(CNC(=NC)NCCC(C)(C)C)CCCC1. The third-order valence-corrected chi connectivity index (χ3v) is 4.67. The van der Waals surface area contributed by atoms with Crippen molar-refractivity contribution < 1.29 is 4.74 Å². The van der Waals surface area contributed by atoms with Crippen LogP contribution in [-0.4, -0.2) is 39.3 Å². The van der Waals surface area contributed by atoms with E-state index in [1.165, 1.54) is 25.7 Å². The number of nitrogens with one attached hydrogen (secondary N) is 2. The zero-order chi connectivity index (χ0) is 16.5. The van der Waals surface area contributed by atoms with Crippen LogP contribution in [-0.2, 0) is 4.74 Å². The number of hydrogen-bond acceptors (Lipinski definition) is 2. The lowest BCUT2D eigenvalue weighted by Gasteiger charge is -2.30. The molecule has 0 atom stereocenters.